The second kappa shape index (κ2) is 8.40. The van der Waals surface area contributed by atoms with Gasteiger partial charge in [-0.25, -0.2) is 4.98 Å². The molecule has 2 aliphatic rings. The van der Waals surface area contributed by atoms with Crippen LogP contribution in [0.25, 0.3) is 20.8 Å². The lowest BCUT2D eigenvalue weighted by molar-refractivity contribution is 0.399. The Kier molecular flexibility index (Phi) is 5.48. The summed E-state index contributed by atoms with van der Waals surface area (Å²) in [6.07, 6.45) is 5.85. The fourth-order valence-electron chi connectivity index (χ4n) is 4.50. The van der Waals surface area contributed by atoms with Crippen LogP contribution in [0.15, 0.2) is 35.1 Å². The highest BCUT2D eigenvalue weighted by molar-refractivity contribution is 7.21. The molecule has 1 aromatic carbocycles. The Labute approximate surface area is 180 Å². The summed E-state index contributed by atoms with van der Waals surface area (Å²) in [7, 11) is 0. The van der Waals surface area contributed by atoms with Crippen molar-refractivity contribution in [2.45, 2.75) is 51.1 Å². The number of anilines is 2. The van der Waals surface area contributed by atoms with E-state index in [1.807, 2.05) is 18.2 Å². The maximum Gasteiger partial charge on any atom is 0.261 e. The summed E-state index contributed by atoms with van der Waals surface area (Å²) in [5, 5.41) is 8.02. The first-order valence-corrected chi connectivity index (χ1v) is 11.9. The lowest BCUT2D eigenvalue weighted by Crippen LogP contribution is -2.43. The zero-order valence-corrected chi connectivity index (χ0v) is 18.2. The molecule has 6 nitrogen and oxygen atoms in total. The van der Waals surface area contributed by atoms with E-state index in [4.69, 9.17) is 4.98 Å². The standard InChI is InChI=1S/C23H29N5OS/c1-15-9-10-16(14-24-15)25-18-13-20(28-11-5-2-6-12-28)27-22(29)21(18)23-26-17-7-3-4-8-19(17)30-23/h3-4,7-8,13,15-16,24H,2,5-6,9-12,14H2,1H3,(H2,25,27,29)/t15-,16-/m1/s1. The molecule has 4 heterocycles. The molecule has 5 rings (SSSR count). The van der Waals surface area contributed by atoms with Crippen molar-refractivity contribution >= 4 is 33.1 Å². The molecule has 30 heavy (non-hydrogen) atoms. The number of aromatic amines is 1. The summed E-state index contributed by atoms with van der Waals surface area (Å²) < 4.78 is 1.10. The van der Waals surface area contributed by atoms with Crippen molar-refractivity contribution in [2.75, 3.05) is 29.9 Å². The third-order valence-corrected chi connectivity index (χ3v) is 7.30. The van der Waals surface area contributed by atoms with Crippen molar-refractivity contribution in [1.82, 2.24) is 15.3 Å². The molecule has 3 aromatic rings. The molecule has 7 heteroatoms. The first-order chi connectivity index (χ1) is 14.7. The Morgan fingerprint density at radius 1 is 1.17 bits per heavy atom. The minimum absolute atomic E-state index is 0.0585. The monoisotopic (exact) mass is 423 g/mol. The van der Waals surface area contributed by atoms with Crippen molar-refractivity contribution < 1.29 is 0 Å². The largest absolute Gasteiger partial charge is 0.380 e. The lowest BCUT2D eigenvalue weighted by atomic mass is 10.0. The van der Waals surface area contributed by atoms with Gasteiger partial charge >= 0.3 is 0 Å². The topological polar surface area (TPSA) is 73.0 Å². The number of benzene rings is 1. The summed E-state index contributed by atoms with van der Waals surface area (Å²) in [5.74, 6) is 0.921. The maximum atomic E-state index is 13.3. The van der Waals surface area contributed by atoms with Gasteiger partial charge in [0.25, 0.3) is 5.56 Å². The van der Waals surface area contributed by atoms with Crippen LogP contribution in [0, 0.1) is 0 Å². The van der Waals surface area contributed by atoms with Crippen LogP contribution in [-0.2, 0) is 0 Å². The number of nitrogens with one attached hydrogen (secondary N) is 3. The van der Waals surface area contributed by atoms with Crippen molar-refractivity contribution in [1.29, 1.82) is 0 Å². The molecule has 0 bridgehead atoms. The number of para-hydroxylation sites is 1. The SMILES string of the molecule is C[C@@H]1CC[C@@H](Nc2cc(N3CCCCC3)[nH]c(=O)c2-c2nc3ccccc3s2)CN1. The average Bonchev–Trinajstić information content (AvgIpc) is 3.19. The molecule has 2 fully saturated rings. The van der Waals surface area contributed by atoms with Gasteiger partial charge in [0, 0.05) is 37.8 Å². The summed E-state index contributed by atoms with van der Waals surface area (Å²) in [6, 6.07) is 11.1. The lowest BCUT2D eigenvalue weighted by Gasteiger charge is -2.31. The van der Waals surface area contributed by atoms with Gasteiger partial charge in [0.15, 0.2) is 0 Å². The molecule has 158 valence electrons. The molecular weight excluding hydrogens is 394 g/mol. The molecule has 0 spiro atoms. The third kappa shape index (κ3) is 3.96. The van der Waals surface area contributed by atoms with E-state index in [1.165, 1.54) is 19.3 Å². The van der Waals surface area contributed by atoms with Crippen LogP contribution in [0.2, 0.25) is 0 Å². The van der Waals surface area contributed by atoms with Gasteiger partial charge in [0.2, 0.25) is 0 Å². The number of rotatable bonds is 4. The fourth-order valence-corrected chi connectivity index (χ4v) is 5.52. The first kappa shape index (κ1) is 19.6. The molecule has 0 radical (unpaired) electrons. The number of pyridine rings is 1. The summed E-state index contributed by atoms with van der Waals surface area (Å²) in [4.78, 5) is 23.5. The zero-order valence-electron chi connectivity index (χ0n) is 17.4. The van der Waals surface area contributed by atoms with Crippen LogP contribution < -0.4 is 21.1 Å². The Hall–Kier alpha value is -2.38. The molecular formula is C23H29N5OS. The predicted octanol–water partition coefficient (Wildman–Crippen LogP) is 4.19. The number of thiazole rings is 1. The van der Waals surface area contributed by atoms with E-state index in [2.05, 4.69) is 39.6 Å². The van der Waals surface area contributed by atoms with Crippen LogP contribution in [0.5, 0.6) is 0 Å². The number of aromatic nitrogens is 2. The summed E-state index contributed by atoms with van der Waals surface area (Å²) >= 11 is 1.58. The zero-order chi connectivity index (χ0) is 20.5. The van der Waals surface area contributed by atoms with Gasteiger partial charge in [-0.2, -0.15) is 0 Å². The van der Waals surface area contributed by atoms with Crippen molar-refractivity contribution in [2.24, 2.45) is 0 Å². The van der Waals surface area contributed by atoms with Crippen molar-refractivity contribution in [3.05, 3.63) is 40.7 Å². The summed E-state index contributed by atoms with van der Waals surface area (Å²) in [6.45, 7) is 5.13. The van der Waals surface area contributed by atoms with E-state index in [-0.39, 0.29) is 5.56 Å². The smallest absolute Gasteiger partial charge is 0.261 e. The normalized spacial score (nSPS) is 22.4. The van der Waals surface area contributed by atoms with Crippen LogP contribution in [0.1, 0.15) is 39.0 Å². The van der Waals surface area contributed by atoms with Gasteiger partial charge in [0.05, 0.1) is 21.5 Å². The first-order valence-electron chi connectivity index (χ1n) is 11.1. The number of hydrogen-bond donors (Lipinski definition) is 3. The van der Waals surface area contributed by atoms with Gasteiger partial charge < -0.3 is 20.5 Å². The minimum Gasteiger partial charge on any atom is -0.380 e. The van der Waals surface area contributed by atoms with Crippen molar-refractivity contribution in [3.63, 3.8) is 0 Å². The second-order valence-electron chi connectivity index (χ2n) is 8.53. The molecule has 2 atom stereocenters. The Balaban J connectivity index is 1.56. The highest BCUT2D eigenvalue weighted by Gasteiger charge is 2.23. The highest BCUT2D eigenvalue weighted by Crippen LogP contribution is 2.34. The second-order valence-corrected chi connectivity index (χ2v) is 9.57. The molecule has 0 unspecified atom stereocenters. The number of nitrogens with zero attached hydrogens (tertiary/aromatic N) is 2. The van der Waals surface area contributed by atoms with E-state index in [0.717, 1.165) is 59.2 Å². The van der Waals surface area contributed by atoms with E-state index in [9.17, 15) is 4.79 Å². The van der Waals surface area contributed by atoms with Gasteiger partial charge in [-0.3, -0.25) is 4.79 Å². The highest BCUT2D eigenvalue weighted by atomic mass is 32.1. The van der Waals surface area contributed by atoms with Crippen molar-refractivity contribution in [3.8, 4) is 10.6 Å². The Morgan fingerprint density at radius 3 is 2.77 bits per heavy atom. The molecule has 3 N–H and O–H groups in total. The molecule has 0 amide bonds. The molecule has 2 aromatic heterocycles. The number of piperidine rings is 2. The summed E-state index contributed by atoms with van der Waals surface area (Å²) in [5.41, 5.74) is 2.45. The number of H-pyrrole nitrogens is 1. The minimum atomic E-state index is -0.0585. The quantitative estimate of drug-likeness (QED) is 0.587. The van der Waals surface area contributed by atoms with E-state index in [1.54, 1.807) is 11.3 Å². The van der Waals surface area contributed by atoms with Gasteiger partial charge in [0.1, 0.15) is 10.8 Å². The predicted molar refractivity (Wildman–Crippen MR) is 126 cm³/mol. The molecule has 2 aliphatic heterocycles. The Bertz CT molecular complexity index is 1040. The van der Waals surface area contributed by atoms with Gasteiger partial charge in [-0.05, 0) is 51.2 Å². The van der Waals surface area contributed by atoms with E-state index < -0.39 is 0 Å². The van der Waals surface area contributed by atoms with Crippen LogP contribution in [0.4, 0.5) is 11.5 Å². The number of hydrogen-bond acceptors (Lipinski definition) is 6. The van der Waals surface area contributed by atoms with Crippen LogP contribution in [0.3, 0.4) is 0 Å². The third-order valence-electron chi connectivity index (χ3n) is 6.24. The molecule has 0 saturated carbocycles. The number of fused-ring (bicyclic) bond motifs is 1. The van der Waals surface area contributed by atoms with Crippen LogP contribution >= 0.6 is 11.3 Å². The van der Waals surface area contributed by atoms with E-state index >= 15 is 0 Å². The van der Waals surface area contributed by atoms with Gasteiger partial charge in [-0.15, -0.1) is 11.3 Å². The maximum absolute atomic E-state index is 13.3. The Morgan fingerprint density at radius 2 is 2.00 bits per heavy atom. The molecule has 2 saturated heterocycles. The fraction of sp³-hybridized carbons (Fsp3) is 0.478. The average molecular weight is 424 g/mol. The molecule has 0 aliphatic carbocycles. The van der Waals surface area contributed by atoms with E-state index in [0.29, 0.717) is 17.6 Å². The van der Waals surface area contributed by atoms with Gasteiger partial charge in [-0.1, -0.05) is 12.1 Å². The van der Waals surface area contributed by atoms with Crippen LogP contribution in [-0.4, -0.2) is 41.7 Å².